The van der Waals surface area contributed by atoms with E-state index in [-0.39, 0.29) is 12.4 Å². The second-order valence-corrected chi connectivity index (χ2v) is 5.38. The van der Waals surface area contributed by atoms with Crippen molar-refractivity contribution in [3.8, 4) is 5.75 Å². The van der Waals surface area contributed by atoms with Crippen molar-refractivity contribution < 1.29 is 9.53 Å². The highest BCUT2D eigenvalue weighted by Crippen LogP contribution is 2.24. The summed E-state index contributed by atoms with van der Waals surface area (Å²) in [5.74, 6) is 0.618. The number of carbonyl (C=O) groups is 1. The van der Waals surface area contributed by atoms with Crippen molar-refractivity contribution in [1.82, 2.24) is 0 Å². The Hall–Kier alpha value is -1.51. The predicted molar refractivity (Wildman–Crippen MR) is 82.2 cm³/mol. The minimum absolute atomic E-state index is 0.0242. The molecule has 0 bridgehead atoms. The van der Waals surface area contributed by atoms with E-state index in [9.17, 15) is 4.79 Å². The van der Waals surface area contributed by atoms with E-state index >= 15 is 0 Å². The quantitative estimate of drug-likeness (QED) is 0.753. The second kappa shape index (κ2) is 6.29. The molecule has 0 atom stereocenters. The molecule has 20 heavy (non-hydrogen) atoms. The number of ether oxygens (including phenoxy) is 1. The average molecular weight is 309 g/mol. The minimum atomic E-state index is -0.133. The van der Waals surface area contributed by atoms with Gasteiger partial charge in [-0.1, -0.05) is 41.4 Å². The Balaban J connectivity index is 2.11. The molecule has 0 heterocycles. The zero-order valence-electron chi connectivity index (χ0n) is 11.2. The molecule has 0 fully saturated rings. The molecule has 0 N–H and O–H groups in total. The fraction of sp³-hybridized carbons (Fsp3) is 0.188. The molecule has 0 spiro atoms. The molecule has 104 valence electrons. The summed E-state index contributed by atoms with van der Waals surface area (Å²) < 4.78 is 5.63. The molecule has 0 unspecified atom stereocenters. The predicted octanol–water partition coefficient (Wildman–Crippen LogP) is 4.87. The van der Waals surface area contributed by atoms with Crippen LogP contribution in [0.5, 0.6) is 5.75 Å². The topological polar surface area (TPSA) is 26.3 Å². The third-order valence-electron chi connectivity index (χ3n) is 3.00. The smallest absolute Gasteiger partial charge is 0.200 e. The average Bonchev–Trinajstić information content (AvgIpc) is 2.41. The Morgan fingerprint density at radius 1 is 1.05 bits per heavy atom. The van der Waals surface area contributed by atoms with Crippen molar-refractivity contribution in [3.05, 3.63) is 63.1 Å². The van der Waals surface area contributed by atoms with Crippen LogP contribution in [-0.2, 0) is 0 Å². The van der Waals surface area contributed by atoms with Gasteiger partial charge in [0, 0.05) is 5.56 Å². The largest absolute Gasteiger partial charge is 0.485 e. The molecular formula is C16H14Cl2O2. The van der Waals surface area contributed by atoms with Crippen LogP contribution in [0.1, 0.15) is 21.5 Å². The van der Waals surface area contributed by atoms with Gasteiger partial charge in [0.25, 0.3) is 0 Å². The van der Waals surface area contributed by atoms with Gasteiger partial charge in [0.1, 0.15) is 5.75 Å². The van der Waals surface area contributed by atoms with E-state index in [0.717, 1.165) is 16.9 Å². The van der Waals surface area contributed by atoms with Crippen LogP contribution in [0, 0.1) is 13.8 Å². The first kappa shape index (κ1) is 14.9. The van der Waals surface area contributed by atoms with Crippen molar-refractivity contribution in [3.63, 3.8) is 0 Å². The molecule has 0 aliphatic heterocycles. The number of ketones is 1. The van der Waals surface area contributed by atoms with Crippen LogP contribution < -0.4 is 4.74 Å². The summed E-state index contributed by atoms with van der Waals surface area (Å²) in [5, 5.41) is 0.795. The third-order valence-corrected chi connectivity index (χ3v) is 3.74. The van der Waals surface area contributed by atoms with Crippen molar-refractivity contribution >= 4 is 29.0 Å². The highest BCUT2D eigenvalue weighted by Gasteiger charge is 2.11. The van der Waals surface area contributed by atoms with Gasteiger partial charge >= 0.3 is 0 Å². The molecule has 0 amide bonds. The number of hydrogen-bond donors (Lipinski definition) is 0. The summed E-state index contributed by atoms with van der Waals surface area (Å²) in [4.78, 5) is 12.1. The Morgan fingerprint density at radius 2 is 1.70 bits per heavy atom. The monoisotopic (exact) mass is 308 g/mol. The van der Waals surface area contributed by atoms with Crippen LogP contribution in [0.4, 0.5) is 0 Å². The summed E-state index contributed by atoms with van der Waals surface area (Å²) in [6.07, 6.45) is 0. The Kier molecular flexibility index (Phi) is 4.69. The van der Waals surface area contributed by atoms with Crippen molar-refractivity contribution in [1.29, 1.82) is 0 Å². The maximum absolute atomic E-state index is 12.1. The van der Waals surface area contributed by atoms with Gasteiger partial charge < -0.3 is 4.74 Å². The standard InChI is InChI=1S/C16H14Cl2O2/c1-10-4-3-5-11(2)16(10)20-9-15(19)12-6-7-13(17)14(18)8-12/h3-8H,9H2,1-2H3. The molecule has 4 heteroatoms. The number of Topliss-reactive ketones (excluding diaryl/α,β-unsaturated/α-hetero) is 1. The number of benzene rings is 2. The Bertz CT molecular complexity index is 631. The number of carbonyl (C=O) groups excluding carboxylic acids is 1. The molecule has 2 rings (SSSR count). The number of rotatable bonds is 4. The first-order valence-corrected chi connectivity index (χ1v) is 6.92. The molecule has 0 aromatic heterocycles. The maximum atomic E-state index is 12.1. The van der Waals surface area contributed by atoms with Crippen LogP contribution in [0.2, 0.25) is 10.0 Å². The lowest BCUT2D eigenvalue weighted by molar-refractivity contribution is 0.0920. The summed E-state index contributed by atoms with van der Waals surface area (Å²) in [5.41, 5.74) is 2.50. The molecule has 0 aliphatic rings. The van der Waals surface area contributed by atoms with Crippen LogP contribution in [0.15, 0.2) is 36.4 Å². The number of para-hydroxylation sites is 1. The molecule has 0 aliphatic carbocycles. The molecule has 2 aromatic carbocycles. The van der Waals surface area contributed by atoms with Gasteiger partial charge in [-0.15, -0.1) is 0 Å². The highest BCUT2D eigenvalue weighted by atomic mass is 35.5. The summed E-state index contributed by atoms with van der Waals surface area (Å²) in [6.45, 7) is 3.88. The molecule has 0 radical (unpaired) electrons. The fourth-order valence-corrected chi connectivity index (χ4v) is 2.22. The Morgan fingerprint density at radius 3 is 2.30 bits per heavy atom. The molecule has 0 saturated heterocycles. The maximum Gasteiger partial charge on any atom is 0.200 e. The highest BCUT2D eigenvalue weighted by molar-refractivity contribution is 6.42. The SMILES string of the molecule is Cc1cccc(C)c1OCC(=O)c1ccc(Cl)c(Cl)c1. The Labute approximate surface area is 128 Å². The first-order chi connectivity index (χ1) is 9.49. The first-order valence-electron chi connectivity index (χ1n) is 6.16. The van der Waals surface area contributed by atoms with Gasteiger partial charge in [0.2, 0.25) is 0 Å². The van der Waals surface area contributed by atoms with Crippen LogP contribution in [0.3, 0.4) is 0 Å². The summed E-state index contributed by atoms with van der Waals surface area (Å²) in [6, 6.07) is 10.7. The van der Waals surface area contributed by atoms with Gasteiger partial charge in [-0.3, -0.25) is 4.79 Å². The minimum Gasteiger partial charge on any atom is -0.485 e. The lowest BCUT2D eigenvalue weighted by atomic mass is 10.1. The van der Waals surface area contributed by atoms with Crippen molar-refractivity contribution in [2.24, 2.45) is 0 Å². The van der Waals surface area contributed by atoms with Crippen LogP contribution in [-0.4, -0.2) is 12.4 Å². The van der Waals surface area contributed by atoms with Gasteiger partial charge in [0.05, 0.1) is 10.0 Å². The number of hydrogen-bond acceptors (Lipinski definition) is 2. The zero-order chi connectivity index (χ0) is 14.7. The van der Waals surface area contributed by atoms with E-state index in [2.05, 4.69) is 0 Å². The van der Waals surface area contributed by atoms with E-state index in [1.165, 1.54) is 0 Å². The van der Waals surface area contributed by atoms with Crippen LogP contribution >= 0.6 is 23.2 Å². The van der Waals surface area contributed by atoms with Crippen LogP contribution in [0.25, 0.3) is 0 Å². The second-order valence-electron chi connectivity index (χ2n) is 4.56. The van der Waals surface area contributed by atoms with Gasteiger partial charge in [-0.05, 0) is 43.2 Å². The lowest BCUT2D eigenvalue weighted by Gasteiger charge is -2.11. The van der Waals surface area contributed by atoms with Crippen molar-refractivity contribution in [2.45, 2.75) is 13.8 Å². The van der Waals surface area contributed by atoms with E-state index in [1.54, 1.807) is 18.2 Å². The third kappa shape index (κ3) is 3.33. The van der Waals surface area contributed by atoms with E-state index in [0.29, 0.717) is 15.6 Å². The number of aryl methyl sites for hydroxylation is 2. The molecule has 2 nitrogen and oxygen atoms in total. The molecule has 0 saturated carbocycles. The van der Waals surface area contributed by atoms with Gasteiger partial charge in [0.15, 0.2) is 12.4 Å². The number of halogens is 2. The summed E-state index contributed by atoms with van der Waals surface area (Å²) >= 11 is 11.7. The van der Waals surface area contributed by atoms with Gasteiger partial charge in [-0.2, -0.15) is 0 Å². The normalized spacial score (nSPS) is 10.4. The summed E-state index contributed by atoms with van der Waals surface area (Å²) in [7, 11) is 0. The fourth-order valence-electron chi connectivity index (χ4n) is 1.92. The molecular weight excluding hydrogens is 295 g/mol. The lowest BCUT2D eigenvalue weighted by Crippen LogP contribution is -2.12. The van der Waals surface area contributed by atoms with E-state index in [1.807, 2.05) is 32.0 Å². The molecule has 2 aromatic rings. The van der Waals surface area contributed by atoms with Crippen molar-refractivity contribution in [2.75, 3.05) is 6.61 Å². The zero-order valence-corrected chi connectivity index (χ0v) is 12.8. The van der Waals surface area contributed by atoms with E-state index in [4.69, 9.17) is 27.9 Å². The van der Waals surface area contributed by atoms with Gasteiger partial charge in [-0.25, -0.2) is 0 Å². The van der Waals surface area contributed by atoms with E-state index < -0.39 is 0 Å².